The molecule has 84 valence electrons. The molecule has 2 heteroatoms. The number of benzene rings is 1. The zero-order valence-corrected chi connectivity index (χ0v) is 9.53. The highest BCUT2D eigenvalue weighted by atomic mass is 16.6. The first-order chi connectivity index (χ1) is 7.69. The molecule has 1 aromatic rings. The van der Waals surface area contributed by atoms with Crippen LogP contribution in [0.2, 0.25) is 0 Å². The Kier molecular flexibility index (Phi) is 2.82. The van der Waals surface area contributed by atoms with Crippen LogP contribution in [0.3, 0.4) is 0 Å². The highest BCUT2D eigenvalue weighted by molar-refractivity contribution is 5.90. The molecule has 0 spiro atoms. The van der Waals surface area contributed by atoms with E-state index in [1.54, 1.807) is 18.2 Å². The second kappa shape index (κ2) is 4.12. The van der Waals surface area contributed by atoms with E-state index in [1.807, 2.05) is 12.1 Å². The van der Waals surface area contributed by atoms with Gasteiger partial charge >= 0.3 is 5.97 Å². The molecule has 0 aromatic heterocycles. The van der Waals surface area contributed by atoms with Gasteiger partial charge in [0.2, 0.25) is 0 Å². The molecule has 2 rings (SSSR count). The van der Waals surface area contributed by atoms with Crippen LogP contribution in [0.15, 0.2) is 30.8 Å². The fourth-order valence-corrected chi connectivity index (χ4v) is 1.68. The SMILES string of the molecule is C=Cc1ccc(C(=O)OC2(CC)CC2)cc1. The molecule has 1 saturated carbocycles. The van der Waals surface area contributed by atoms with Gasteiger partial charge in [0.05, 0.1) is 5.56 Å². The van der Waals surface area contributed by atoms with Crippen molar-refractivity contribution in [3.8, 4) is 0 Å². The van der Waals surface area contributed by atoms with Crippen molar-refractivity contribution in [2.75, 3.05) is 0 Å². The van der Waals surface area contributed by atoms with Crippen LogP contribution in [-0.2, 0) is 4.74 Å². The summed E-state index contributed by atoms with van der Waals surface area (Å²) in [5, 5.41) is 0. The molecule has 1 aromatic carbocycles. The van der Waals surface area contributed by atoms with E-state index in [-0.39, 0.29) is 11.6 Å². The summed E-state index contributed by atoms with van der Waals surface area (Å²) in [5.74, 6) is -0.213. The van der Waals surface area contributed by atoms with Crippen molar-refractivity contribution >= 4 is 12.0 Å². The van der Waals surface area contributed by atoms with Gasteiger partial charge in [-0.2, -0.15) is 0 Å². The molecule has 1 aliphatic rings. The van der Waals surface area contributed by atoms with Crippen LogP contribution < -0.4 is 0 Å². The molecule has 2 nitrogen and oxygen atoms in total. The molecule has 16 heavy (non-hydrogen) atoms. The third kappa shape index (κ3) is 2.16. The van der Waals surface area contributed by atoms with Gasteiger partial charge in [0, 0.05) is 0 Å². The minimum atomic E-state index is -0.213. The molecule has 0 heterocycles. The first kappa shape index (κ1) is 10.9. The Labute approximate surface area is 95.9 Å². The average molecular weight is 216 g/mol. The predicted octanol–water partition coefficient (Wildman–Crippen LogP) is 3.43. The quantitative estimate of drug-likeness (QED) is 0.721. The van der Waals surface area contributed by atoms with E-state index in [1.165, 1.54) is 0 Å². The maximum absolute atomic E-state index is 11.8. The van der Waals surface area contributed by atoms with Crippen molar-refractivity contribution in [1.29, 1.82) is 0 Å². The van der Waals surface area contributed by atoms with Crippen molar-refractivity contribution < 1.29 is 9.53 Å². The Morgan fingerprint density at radius 1 is 1.44 bits per heavy atom. The summed E-state index contributed by atoms with van der Waals surface area (Å²) in [7, 11) is 0. The van der Waals surface area contributed by atoms with E-state index >= 15 is 0 Å². The third-order valence-corrected chi connectivity index (χ3v) is 3.14. The topological polar surface area (TPSA) is 26.3 Å². The number of ether oxygens (including phenoxy) is 1. The predicted molar refractivity (Wildman–Crippen MR) is 64.2 cm³/mol. The summed E-state index contributed by atoms with van der Waals surface area (Å²) in [6.45, 7) is 5.73. The highest BCUT2D eigenvalue weighted by Gasteiger charge is 2.45. The zero-order chi connectivity index (χ0) is 11.6. The first-order valence-electron chi connectivity index (χ1n) is 5.65. The summed E-state index contributed by atoms with van der Waals surface area (Å²) in [6, 6.07) is 7.31. The van der Waals surface area contributed by atoms with Gasteiger partial charge in [-0.3, -0.25) is 0 Å². The second-order valence-corrected chi connectivity index (χ2v) is 4.25. The molecule has 0 atom stereocenters. The number of hydrogen-bond acceptors (Lipinski definition) is 2. The van der Waals surface area contributed by atoms with Gasteiger partial charge in [-0.25, -0.2) is 4.79 Å². The van der Waals surface area contributed by atoms with Gasteiger partial charge in [0.15, 0.2) is 0 Å². The Balaban J connectivity index is 2.06. The van der Waals surface area contributed by atoms with E-state index in [0.717, 1.165) is 24.8 Å². The number of hydrogen-bond donors (Lipinski definition) is 0. The van der Waals surface area contributed by atoms with Crippen molar-refractivity contribution in [1.82, 2.24) is 0 Å². The minimum Gasteiger partial charge on any atom is -0.455 e. The lowest BCUT2D eigenvalue weighted by Crippen LogP contribution is -2.18. The van der Waals surface area contributed by atoms with Crippen LogP contribution in [0.4, 0.5) is 0 Å². The van der Waals surface area contributed by atoms with Crippen LogP contribution in [0, 0.1) is 0 Å². The summed E-state index contributed by atoms with van der Waals surface area (Å²) in [6.07, 6.45) is 4.66. The van der Waals surface area contributed by atoms with Crippen LogP contribution in [0.5, 0.6) is 0 Å². The molecule has 1 fully saturated rings. The van der Waals surface area contributed by atoms with Crippen molar-refractivity contribution in [3.63, 3.8) is 0 Å². The Hall–Kier alpha value is -1.57. The molecule has 0 radical (unpaired) electrons. The molecule has 0 amide bonds. The normalized spacial score (nSPS) is 16.6. The van der Waals surface area contributed by atoms with Gasteiger partial charge in [-0.1, -0.05) is 31.7 Å². The maximum atomic E-state index is 11.8. The first-order valence-corrected chi connectivity index (χ1v) is 5.65. The molecule has 0 unspecified atom stereocenters. The molecule has 0 saturated heterocycles. The van der Waals surface area contributed by atoms with E-state index in [0.29, 0.717) is 5.56 Å². The standard InChI is InChI=1S/C14H16O2/c1-3-11-5-7-12(8-6-11)13(15)16-14(4-2)9-10-14/h3,5-8H,1,4,9-10H2,2H3. The van der Waals surface area contributed by atoms with Gasteiger partial charge in [0.1, 0.15) is 5.60 Å². The highest BCUT2D eigenvalue weighted by Crippen LogP contribution is 2.42. The Bertz CT molecular complexity index is 399. The van der Waals surface area contributed by atoms with Gasteiger partial charge < -0.3 is 4.74 Å². The van der Waals surface area contributed by atoms with Crippen LogP contribution in [-0.4, -0.2) is 11.6 Å². The molecule has 0 aliphatic heterocycles. The van der Waals surface area contributed by atoms with Crippen molar-refractivity contribution in [2.45, 2.75) is 31.8 Å². The average Bonchev–Trinajstić information content (AvgIpc) is 3.09. The smallest absolute Gasteiger partial charge is 0.338 e. The fourth-order valence-electron chi connectivity index (χ4n) is 1.68. The lowest BCUT2D eigenvalue weighted by molar-refractivity contribution is 0.0216. The monoisotopic (exact) mass is 216 g/mol. The van der Waals surface area contributed by atoms with Crippen LogP contribution >= 0.6 is 0 Å². The van der Waals surface area contributed by atoms with Crippen LogP contribution in [0.25, 0.3) is 6.08 Å². The van der Waals surface area contributed by atoms with E-state index in [2.05, 4.69) is 13.5 Å². The number of esters is 1. The molecular weight excluding hydrogens is 200 g/mol. The van der Waals surface area contributed by atoms with Gasteiger partial charge in [-0.15, -0.1) is 0 Å². The largest absolute Gasteiger partial charge is 0.455 e. The third-order valence-electron chi connectivity index (χ3n) is 3.14. The fraction of sp³-hybridized carbons (Fsp3) is 0.357. The van der Waals surface area contributed by atoms with E-state index in [4.69, 9.17) is 4.74 Å². The molecular formula is C14H16O2. The van der Waals surface area contributed by atoms with Gasteiger partial charge in [-0.05, 0) is 37.0 Å². The van der Waals surface area contributed by atoms with E-state index in [9.17, 15) is 4.79 Å². The van der Waals surface area contributed by atoms with Crippen LogP contribution in [0.1, 0.15) is 42.1 Å². The lowest BCUT2D eigenvalue weighted by atomic mass is 10.1. The Morgan fingerprint density at radius 3 is 2.50 bits per heavy atom. The zero-order valence-electron chi connectivity index (χ0n) is 9.53. The summed E-state index contributed by atoms with van der Waals surface area (Å²) < 4.78 is 5.49. The summed E-state index contributed by atoms with van der Waals surface area (Å²) >= 11 is 0. The van der Waals surface area contributed by atoms with Gasteiger partial charge in [0.25, 0.3) is 0 Å². The summed E-state index contributed by atoms with van der Waals surface area (Å²) in [5.41, 5.74) is 1.47. The van der Waals surface area contributed by atoms with E-state index < -0.39 is 0 Å². The number of rotatable bonds is 4. The summed E-state index contributed by atoms with van der Waals surface area (Å²) in [4.78, 5) is 11.8. The lowest BCUT2D eigenvalue weighted by Gasteiger charge is -2.14. The second-order valence-electron chi connectivity index (χ2n) is 4.25. The number of carbonyl (C=O) groups is 1. The van der Waals surface area contributed by atoms with Crippen molar-refractivity contribution in [3.05, 3.63) is 42.0 Å². The molecule has 1 aliphatic carbocycles. The molecule has 0 bridgehead atoms. The Morgan fingerprint density at radius 2 is 2.06 bits per heavy atom. The maximum Gasteiger partial charge on any atom is 0.338 e. The number of carbonyl (C=O) groups excluding carboxylic acids is 1. The molecule has 0 N–H and O–H groups in total. The van der Waals surface area contributed by atoms with Crippen molar-refractivity contribution in [2.24, 2.45) is 0 Å². The minimum absolute atomic E-state index is 0.159.